The van der Waals surface area contributed by atoms with E-state index in [0.29, 0.717) is 0 Å². The van der Waals surface area contributed by atoms with Crippen LogP contribution in [0.2, 0.25) is 0 Å². The van der Waals surface area contributed by atoms with Gasteiger partial charge in [0.1, 0.15) is 0 Å². The highest BCUT2D eigenvalue weighted by Crippen LogP contribution is 2.11. The van der Waals surface area contributed by atoms with Crippen LogP contribution in [0.5, 0.6) is 0 Å². The van der Waals surface area contributed by atoms with E-state index in [9.17, 15) is 0 Å². The molecule has 0 spiro atoms. The minimum atomic E-state index is 0.731. The van der Waals surface area contributed by atoms with Crippen molar-refractivity contribution in [2.45, 2.75) is 40.2 Å². The van der Waals surface area contributed by atoms with Gasteiger partial charge in [-0.3, -0.25) is 4.90 Å². The second-order valence-corrected chi connectivity index (χ2v) is 5.20. The topological polar surface area (TPSA) is 29.3 Å². The van der Waals surface area contributed by atoms with Crippen molar-refractivity contribution in [2.24, 2.45) is 11.7 Å². The van der Waals surface area contributed by atoms with E-state index in [1.54, 1.807) is 0 Å². The van der Waals surface area contributed by atoms with Crippen LogP contribution < -0.4 is 5.73 Å². The summed E-state index contributed by atoms with van der Waals surface area (Å²) in [6, 6.07) is 8.90. The highest BCUT2D eigenvalue weighted by atomic mass is 15.1. The first-order valence-corrected chi connectivity index (χ1v) is 7.19. The van der Waals surface area contributed by atoms with Crippen molar-refractivity contribution in [1.29, 1.82) is 0 Å². The quantitative estimate of drug-likeness (QED) is 0.766. The van der Waals surface area contributed by atoms with Crippen LogP contribution >= 0.6 is 0 Å². The van der Waals surface area contributed by atoms with Gasteiger partial charge in [0.25, 0.3) is 0 Å². The monoisotopic (exact) mass is 248 g/mol. The van der Waals surface area contributed by atoms with Gasteiger partial charge in [0.05, 0.1) is 0 Å². The summed E-state index contributed by atoms with van der Waals surface area (Å²) in [7, 11) is 0. The predicted molar refractivity (Wildman–Crippen MR) is 79.6 cm³/mol. The van der Waals surface area contributed by atoms with E-state index in [1.165, 1.54) is 24.1 Å². The fourth-order valence-electron chi connectivity index (χ4n) is 2.11. The molecule has 2 N–H and O–H groups in total. The Bertz CT molecular complexity index is 318. The van der Waals surface area contributed by atoms with Gasteiger partial charge in [-0.15, -0.1) is 0 Å². The molecule has 1 atom stereocenters. The Labute approximate surface area is 112 Å². The first-order chi connectivity index (χ1) is 8.69. The molecule has 1 rings (SSSR count). The van der Waals surface area contributed by atoms with Crippen molar-refractivity contribution in [3.8, 4) is 0 Å². The molecule has 1 aromatic carbocycles. The SMILES string of the molecule is CCC(C)CN(CC)Cc1ccc(CCN)cc1. The molecule has 0 bridgehead atoms. The Balaban J connectivity index is 2.53. The highest BCUT2D eigenvalue weighted by molar-refractivity contribution is 5.22. The number of nitrogens with zero attached hydrogens (tertiary/aromatic N) is 1. The van der Waals surface area contributed by atoms with Gasteiger partial charge in [0.15, 0.2) is 0 Å². The van der Waals surface area contributed by atoms with Gasteiger partial charge in [-0.25, -0.2) is 0 Å². The Hall–Kier alpha value is -0.860. The Morgan fingerprint density at radius 3 is 2.22 bits per heavy atom. The number of rotatable bonds is 8. The van der Waals surface area contributed by atoms with Gasteiger partial charge < -0.3 is 5.73 Å². The molecule has 0 fully saturated rings. The molecule has 0 aromatic heterocycles. The van der Waals surface area contributed by atoms with Crippen LogP contribution in [0.3, 0.4) is 0 Å². The Morgan fingerprint density at radius 1 is 1.11 bits per heavy atom. The summed E-state index contributed by atoms with van der Waals surface area (Å²) in [6.45, 7) is 10.9. The Morgan fingerprint density at radius 2 is 1.72 bits per heavy atom. The van der Waals surface area contributed by atoms with Crippen LogP contribution in [0.15, 0.2) is 24.3 Å². The highest BCUT2D eigenvalue weighted by Gasteiger charge is 2.07. The molecule has 0 amide bonds. The molecule has 0 saturated carbocycles. The van der Waals surface area contributed by atoms with Crippen molar-refractivity contribution < 1.29 is 0 Å². The molecular formula is C16H28N2. The van der Waals surface area contributed by atoms with E-state index in [1.807, 2.05) is 0 Å². The summed E-state index contributed by atoms with van der Waals surface area (Å²) < 4.78 is 0. The lowest BCUT2D eigenvalue weighted by Gasteiger charge is -2.23. The number of hydrogen-bond donors (Lipinski definition) is 1. The van der Waals surface area contributed by atoms with Crippen LogP contribution in [0.4, 0.5) is 0 Å². The van der Waals surface area contributed by atoms with Gasteiger partial charge in [-0.2, -0.15) is 0 Å². The molecule has 1 unspecified atom stereocenters. The maximum atomic E-state index is 5.56. The lowest BCUT2D eigenvalue weighted by atomic mass is 10.1. The average molecular weight is 248 g/mol. The van der Waals surface area contributed by atoms with Crippen molar-refractivity contribution in [3.63, 3.8) is 0 Å². The zero-order valence-electron chi connectivity index (χ0n) is 12.2. The third-order valence-corrected chi connectivity index (χ3v) is 3.58. The summed E-state index contributed by atoms with van der Waals surface area (Å²) >= 11 is 0. The fraction of sp³-hybridized carbons (Fsp3) is 0.625. The predicted octanol–water partition coefficient (Wildman–Crippen LogP) is 3.06. The maximum absolute atomic E-state index is 5.56. The lowest BCUT2D eigenvalue weighted by molar-refractivity contribution is 0.238. The molecule has 0 aliphatic carbocycles. The average Bonchev–Trinajstić information content (AvgIpc) is 2.40. The first-order valence-electron chi connectivity index (χ1n) is 7.19. The largest absolute Gasteiger partial charge is 0.330 e. The van der Waals surface area contributed by atoms with Crippen LogP contribution in [0, 0.1) is 5.92 Å². The van der Waals surface area contributed by atoms with Crippen LogP contribution in [0.25, 0.3) is 0 Å². The summed E-state index contributed by atoms with van der Waals surface area (Å²) in [5.41, 5.74) is 8.31. The Kier molecular flexibility index (Phi) is 6.99. The summed E-state index contributed by atoms with van der Waals surface area (Å²) in [5.74, 6) is 0.779. The lowest BCUT2D eigenvalue weighted by Crippen LogP contribution is -2.27. The van der Waals surface area contributed by atoms with Crippen LogP contribution in [-0.4, -0.2) is 24.5 Å². The molecule has 18 heavy (non-hydrogen) atoms. The van der Waals surface area contributed by atoms with Crippen LogP contribution in [0.1, 0.15) is 38.3 Å². The van der Waals surface area contributed by atoms with Gasteiger partial charge in [-0.1, -0.05) is 51.5 Å². The molecule has 102 valence electrons. The van der Waals surface area contributed by atoms with Gasteiger partial charge in [0.2, 0.25) is 0 Å². The normalized spacial score (nSPS) is 12.9. The van der Waals surface area contributed by atoms with E-state index in [-0.39, 0.29) is 0 Å². The number of benzene rings is 1. The minimum absolute atomic E-state index is 0.731. The first kappa shape index (κ1) is 15.2. The fourth-order valence-corrected chi connectivity index (χ4v) is 2.11. The molecule has 0 aliphatic heterocycles. The smallest absolute Gasteiger partial charge is 0.0233 e. The summed E-state index contributed by atoms with van der Waals surface area (Å²) in [5, 5.41) is 0. The van der Waals surface area contributed by atoms with E-state index in [4.69, 9.17) is 5.73 Å². The van der Waals surface area contributed by atoms with E-state index in [0.717, 1.165) is 32.0 Å². The van der Waals surface area contributed by atoms with Gasteiger partial charge >= 0.3 is 0 Å². The number of nitrogens with two attached hydrogens (primary N) is 1. The third kappa shape index (κ3) is 5.19. The molecule has 0 aliphatic rings. The van der Waals surface area contributed by atoms with Crippen molar-refractivity contribution in [3.05, 3.63) is 35.4 Å². The van der Waals surface area contributed by atoms with Crippen molar-refractivity contribution >= 4 is 0 Å². The second kappa shape index (κ2) is 8.28. The molecule has 0 saturated heterocycles. The van der Waals surface area contributed by atoms with E-state index in [2.05, 4.69) is 49.9 Å². The third-order valence-electron chi connectivity index (χ3n) is 3.58. The van der Waals surface area contributed by atoms with Crippen LogP contribution in [-0.2, 0) is 13.0 Å². The maximum Gasteiger partial charge on any atom is 0.0233 e. The zero-order valence-corrected chi connectivity index (χ0v) is 12.2. The van der Waals surface area contributed by atoms with Gasteiger partial charge in [-0.05, 0) is 36.6 Å². The molecule has 0 radical (unpaired) electrons. The molecular weight excluding hydrogens is 220 g/mol. The molecule has 2 heteroatoms. The van der Waals surface area contributed by atoms with Gasteiger partial charge in [0, 0.05) is 13.1 Å². The van der Waals surface area contributed by atoms with E-state index >= 15 is 0 Å². The standard InChI is InChI=1S/C16H28N2/c1-4-14(3)12-18(5-2)13-16-8-6-15(7-9-16)10-11-17/h6-9,14H,4-5,10-13,17H2,1-3H3. The molecule has 0 heterocycles. The number of hydrogen-bond acceptors (Lipinski definition) is 2. The minimum Gasteiger partial charge on any atom is -0.330 e. The molecule has 2 nitrogen and oxygen atoms in total. The van der Waals surface area contributed by atoms with E-state index < -0.39 is 0 Å². The second-order valence-electron chi connectivity index (χ2n) is 5.20. The summed E-state index contributed by atoms with van der Waals surface area (Å²) in [6.07, 6.45) is 2.23. The zero-order chi connectivity index (χ0) is 13.4. The van der Waals surface area contributed by atoms with Crippen molar-refractivity contribution in [1.82, 2.24) is 4.90 Å². The van der Waals surface area contributed by atoms with Crippen molar-refractivity contribution in [2.75, 3.05) is 19.6 Å². The summed E-state index contributed by atoms with van der Waals surface area (Å²) in [4.78, 5) is 2.52. The molecule has 1 aromatic rings.